The van der Waals surface area contributed by atoms with Crippen LogP contribution in [0.4, 0.5) is 0 Å². The SMILES string of the molecule is O=S(=O)([O-])CCSSCCS(=O)(=O)[O-].[Mg+2]. The van der Waals surface area contributed by atoms with E-state index in [0.29, 0.717) is 0 Å². The first-order valence-electron chi connectivity index (χ1n) is 3.32. The third-order valence-electron chi connectivity index (χ3n) is 0.917. The van der Waals surface area contributed by atoms with Crippen molar-refractivity contribution in [2.45, 2.75) is 0 Å². The van der Waals surface area contributed by atoms with E-state index in [1.807, 2.05) is 0 Å². The van der Waals surface area contributed by atoms with Gasteiger partial charge in [0, 0.05) is 23.0 Å². The monoisotopic (exact) mass is 304 g/mol. The van der Waals surface area contributed by atoms with Crippen LogP contribution in [-0.2, 0) is 20.2 Å². The summed E-state index contributed by atoms with van der Waals surface area (Å²) in [5, 5.41) is 0. The first kappa shape index (κ1) is 18.6. The van der Waals surface area contributed by atoms with E-state index in [2.05, 4.69) is 0 Å². The van der Waals surface area contributed by atoms with E-state index < -0.39 is 31.7 Å². The largest absolute Gasteiger partial charge is 2.00 e. The molecule has 0 radical (unpaired) electrons. The van der Waals surface area contributed by atoms with Crippen LogP contribution in [0.15, 0.2) is 0 Å². The molecule has 0 unspecified atom stereocenters. The molecule has 0 saturated carbocycles. The van der Waals surface area contributed by atoms with Crippen molar-refractivity contribution in [3.05, 3.63) is 0 Å². The van der Waals surface area contributed by atoms with Gasteiger partial charge in [0.1, 0.15) is 0 Å². The smallest absolute Gasteiger partial charge is 0.748 e. The van der Waals surface area contributed by atoms with Crippen molar-refractivity contribution in [2.24, 2.45) is 0 Å². The van der Waals surface area contributed by atoms with Crippen molar-refractivity contribution in [1.29, 1.82) is 0 Å². The van der Waals surface area contributed by atoms with Gasteiger partial charge in [-0.25, -0.2) is 16.8 Å². The van der Waals surface area contributed by atoms with Crippen molar-refractivity contribution >= 4 is 64.9 Å². The van der Waals surface area contributed by atoms with Gasteiger partial charge in [0.2, 0.25) is 0 Å². The molecule has 0 fully saturated rings. The van der Waals surface area contributed by atoms with Crippen LogP contribution in [0, 0.1) is 0 Å². The molecule has 0 heterocycles. The Morgan fingerprint density at radius 1 is 0.800 bits per heavy atom. The van der Waals surface area contributed by atoms with Gasteiger partial charge in [-0.3, -0.25) is 0 Å². The maximum atomic E-state index is 10.1. The van der Waals surface area contributed by atoms with Crippen molar-refractivity contribution < 1.29 is 25.9 Å². The molecule has 0 bridgehead atoms. The second-order valence-corrected chi connectivity index (χ2v) is 7.92. The van der Waals surface area contributed by atoms with Crippen molar-refractivity contribution in [3.8, 4) is 0 Å². The second kappa shape index (κ2) is 8.39. The summed E-state index contributed by atoms with van der Waals surface area (Å²) in [5.74, 6) is -0.797. The maximum absolute atomic E-state index is 10.1. The first-order valence-corrected chi connectivity index (χ1v) is 8.96. The van der Waals surface area contributed by atoms with Crippen LogP contribution in [-0.4, -0.2) is 72.0 Å². The molecule has 0 aromatic heterocycles. The van der Waals surface area contributed by atoms with E-state index in [0.717, 1.165) is 21.6 Å². The average Bonchev–Trinajstić information content (AvgIpc) is 1.92. The Morgan fingerprint density at radius 2 is 1.07 bits per heavy atom. The van der Waals surface area contributed by atoms with Crippen molar-refractivity contribution in [1.82, 2.24) is 0 Å². The molecule has 0 aliphatic heterocycles. The molecule has 0 rings (SSSR count). The topological polar surface area (TPSA) is 114 Å². The molecule has 86 valence electrons. The fourth-order valence-electron chi connectivity index (χ4n) is 0.390. The van der Waals surface area contributed by atoms with Crippen LogP contribution in [0.3, 0.4) is 0 Å². The van der Waals surface area contributed by atoms with Gasteiger partial charge in [-0.2, -0.15) is 0 Å². The Balaban J connectivity index is 0. The Hall–Kier alpha value is 1.29. The van der Waals surface area contributed by atoms with Crippen LogP contribution in [0.5, 0.6) is 0 Å². The molecule has 0 saturated heterocycles. The molecule has 0 aromatic carbocycles. The van der Waals surface area contributed by atoms with Gasteiger partial charge in [-0.15, -0.1) is 0 Å². The first-order chi connectivity index (χ1) is 6.21. The van der Waals surface area contributed by atoms with E-state index >= 15 is 0 Å². The summed E-state index contributed by atoms with van der Waals surface area (Å²) < 4.78 is 60.6. The summed E-state index contributed by atoms with van der Waals surface area (Å²) in [4.78, 5) is 0. The van der Waals surface area contributed by atoms with Crippen LogP contribution in [0.1, 0.15) is 0 Å². The van der Waals surface area contributed by atoms with E-state index in [9.17, 15) is 25.9 Å². The molecule has 11 heteroatoms. The summed E-state index contributed by atoms with van der Waals surface area (Å²) >= 11 is 0. The minimum Gasteiger partial charge on any atom is -0.748 e. The summed E-state index contributed by atoms with van der Waals surface area (Å²) in [6.07, 6.45) is 0. The molecule has 0 N–H and O–H groups in total. The van der Waals surface area contributed by atoms with Gasteiger partial charge in [0.25, 0.3) is 0 Å². The summed E-state index contributed by atoms with van der Waals surface area (Å²) in [6.45, 7) is 0. The normalized spacial score (nSPS) is 12.1. The standard InChI is InChI=1S/C4H10O6S4.Mg/c5-13(6,7)3-1-11-12-2-4-14(8,9)10;/h1-4H2,(H,5,6,7)(H,8,9,10);/q;+2/p-2. The Morgan fingerprint density at radius 3 is 1.27 bits per heavy atom. The summed E-state index contributed by atoms with van der Waals surface area (Å²) in [7, 11) is -6.30. The van der Waals surface area contributed by atoms with Crippen LogP contribution >= 0.6 is 21.6 Å². The Bertz CT molecular complexity index is 311. The van der Waals surface area contributed by atoms with E-state index in [-0.39, 0.29) is 34.6 Å². The number of hydrogen-bond acceptors (Lipinski definition) is 8. The zero-order valence-electron chi connectivity index (χ0n) is 7.62. The third-order valence-corrected chi connectivity index (χ3v) is 5.25. The number of rotatable bonds is 7. The third kappa shape index (κ3) is 17.9. The van der Waals surface area contributed by atoms with E-state index in [4.69, 9.17) is 0 Å². The molecule has 0 aromatic rings. The van der Waals surface area contributed by atoms with Gasteiger partial charge < -0.3 is 9.11 Å². The van der Waals surface area contributed by atoms with E-state index in [1.165, 1.54) is 0 Å². The fraction of sp³-hybridized carbons (Fsp3) is 1.00. The van der Waals surface area contributed by atoms with Crippen LogP contribution in [0.2, 0.25) is 0 Å². The molecule has 0 atom stereocenters. The zero-order valence-corrected chi connectivity index (χ0v) is 12.3. The van der Waals surface area contributed by atoms with E-state index in [1.54, 1.807) is 0 Å². The quantitative estimate of drug-likeness (QED) is 0.257. The van der Waals surface area contributed by atoms with Crippen LogP contribution < -0.4 is 0 Å². The number of hydrogen-bond donors (Lipinski definition) is 0. The van der Waals surface area contributed by atoms with Crippen molar-refractivity contribution in [2.75, 3.05) is 23.0 Å². The fourth-order valence-corrected chi connectivity index (χ4v) is 4.73. The van der Waals surface area contributed by atoms with Gasteiger partial charge in [-0.1, -0.05) is 21.6 Å². The molecule has 0 amide bonds. The van der Waals surface area contributed by atoms with Crippen molar-refractivity contribution in [3.63, 3.8) is 0 Å². The predicted molar refractivity (Wildman–Crippen MR) is 59.8 cm³/mol. The maximum Gasteiger partial charge on any atom is 2.00 e. The molecule has 0 spiro atoms. The average molecular weight is 305 g/mol. The van der Waals surface area contributed by atoms with Gasteiger partial charge in [-0.05, 0) is 0 Å². The summed E-state index contributed by atoms with van der Waals surface area (Å²) in [5.41, 5.74) is 0. The molecule has 15 heavy (non-hydrogen) atoms. The molecule has 0 aliphatic carbocycles. The predicted octanol–water partition coefficient (Wildman–Crippen LogP) is -0.923. The van der Waals surface area contributed by atoms with Gasteiger partial charge in [0.15, 0.2) is 0 Å². The van der Waals surface area contributed by atoms with Crippen LogP contribution in [0.25, 0.3) is 0 Å². The zero-order chi connectivity index (χ0) is 11.2. The summed E-state index contributed by atoms with van der Waals surface area (Å²) in [6, 6.07) is 0. The molecule has 0 aliphatic rings. The van der Waals surface area contributed by atoms with Gasteiger partial charge in [0.05, 0.1) is 20.2 Å². The second-order valence-electron chi connectivity index (χ2n) is 2.17. The Labute approximate surface area is 113 Å². The molecular formula is C4H8MgO6S4. The van der Waals surface area contributed by atoms with Gasteiger partial charge >= 0.3 is 23.1 Å². The minimum atomic E-state index is -4.20. The Kier molecular flexibility index (Phi) is 10.4. The minimum absolute atomic E-state index is 0. The molecule has 6 nitrogen and oxygen atoms in total. The molecular weight excluding hydrogens is 297 g/mol.